The molecule has 0 saturated carbocycles. The number of aromatic nitrogens is 2. The van der Waals surface area contributed by atoms with E-state index in [9.17, 15) is 4.79 Å². The van der Waals surface area contributed by atoms with Crippen LogP contribution in [0.25, 0.3) is 0 Å². The first-order chi connectivity index (χ1) is 9.10. The zero-order valence-electron chi connectivity index (χ0n) is 10.3. The highest BCUT2D eigenvalue weighted by Gasteiger charge is 2.12. The molecule has 6 nitrogen and oxygen atoms in total. The summed E-state index contributed by atoms with van der Waals surface area (Å²) in [6.45, 7) is 2.15. The Morgan fingerprint density at radius 3 is 2.95 bits per heavy atom. The lowest BCUT2D eigenvalue weighted by atomic mass is 10.2. The number of carbonyl (C=O) groups is 1. The van der Waals surface area contributed by atoms with E-state index >= 15 is 0 Å². The molecule has 2 aromatic rings. The van der Waals surface area contributed by atoms with E-state index in [0.717, 1.165) is 12.2 Å². The maximum atomic E-state index is 11.9. The summed E-state index contributed by atoms with van der Waals surface area (Å²) in [5, 5.41) is 2.87. The molecule has 100 valence electrons. The van der Waals surface area contributed by atoms with Crippen molar-refractivity contribution in [2.45, 2.75) is 19.9 Å². The van der Waals surface area contributed by atoms with Gasteiger partial charge >= 0.3 is 0 Å². The van der Waals surface area contributed by atoms with Gasteiger partial charge in [0.25, 0.3) is 5.91 Å². The second-order valence-corrected chi connectivity index (χ2v) is 4.24. The number of pyridine rings is 1. The topological polar surface area (TPSA) is 94.0 Å². The third kappa shape index (κ3) is 3.23. The van der Waals surface area contributed by atoms with Crippen molar-refractivity contribution in [2.75, 3.05) is 5.73 Å². The molecule has 0 aliphatic carbocycles. The maximum Gasteiger partial charge on any atom is 0.253 e. The lowest BCUT2D eigenvalue weighted by molar-refractivity contribution is 0.0948. The number of aryl methyl sites for hydroxylation is 1. The summed E-state index contributed by atoms with van der Waals surface area (Å²) in [6.07, 6.45) is 3.74. The summed E-state index contributed by atoms with van der Waals surface area (Å²) in [5.41, 5.74) is 6.21. The van der Waals surface area contributed by atoms with Crippen molar-refractivity contribution in [3.8, 4) is 0 Å². The summed E-state index contributed by atoms with van der Waals surface area (Å²) in [7, 11) is 0. The molecule has 0 saturated heterocycles. The van der Waals surface area contributed by atoms with Gasteiger partial charge in [0.05, 0.1) is 30.2 Å². The third-order valence-electron chi connectivity index (χ3n) is 2.50. The highest BCUT2D eigenvalue weighted by atomic mass is 35.5. The molecule has 0 unspecified atom stereocenters. The number of nitrogens with two attached hydrogens (primary N) is 1. The van der Waals surface area contributed by atoms with Crippen LogP contribution in [0.1, 0.15) is 28.9 Å². The van der Waals surface area contributed by atoms with Crippen molar-refractivity contribution in [2.24, 2.45) is 0 Å². The molecule has 0 spiro atoms. The van der Waals surface area contributed by atoms with E-state index in [0.29, 0.717) is 5.89 Å². The summed E-state index contributed by atoms with van der Waals surface area (Å²) < 4.78 is 5.38. The van der Waals surface area contributed by atoms with Gasteiger partial charge in [0, 0.05) is 6.42 Å². The minimum atomic E-state index is -0.349. The summed E-state index contributed by atoms with van der Waals surface area (Å²) in [4.78, 5) is 19.7. The standard InChI is InChI=1S/C12H13ClN4O2/c1-2-7-4-16-11(19-7)6-17-12(18)8-3-10(13)15-5-9(8)14/h3-5H,2,6,14H2,1H3,(H,17,18). The molecule has 2 heterocycles. The average Bonchev–Trinajstić information content (AvgIpc) is 2.87. The van der Waals surface area contributed by atoms with Crippen LogP contribution >= 0.6 is 11.6 Å². The molecular formula is C12H13ClN4O2. The molecule has 2 aromatic heterocycles. The van der Waals surface area contributed by atoms with E-state index in [4.69, 9.17) is 21.8 Å². The van der Waals surface area contributed by atoms with Crippen molar-refractivity contribution >= 4 is 23.2 Å². The van der Waals surface area contributed by atoms with Gasteiger partial charge in [-0.25, -0.2) is 9.97 Å². The molecule has 3 N–H and O–H groups in total. The number of nitrogen functional groups attached to an aromatic ring is 1. The van der Waals surface area contributed by atoms with Crippen LogP contribution in [-0.4, -0.2) is 15.9 Å². The molecule has 19 heavy (non-hydrogen) atoms. The first-order valence-electron chi connectivity index (χ1n) is 5.73. The molecule has 0 aliphatic heterocycles. The number of carbonyl (C=O) groups excluding carboxylic acids is 1. The highest BCUT2D eigenvalue weighted by molar-refractivity contribution is 6.29. The first kappa shape index (κ1) is 13.4. The van der Waals surface area contributed by atoms with Crippen LogP contribution in [0, 0.1) is 0 Å². The van der Waals surface area contributed by atoms with Gasteiger partial charge in [-0.2, -0.15) is 0 Å². The molecule has 0 fully saturated rings. The Labute approximate surface area is 115 Å². The molecule has 0 bridgehead atoms. The van der Waals surface area contributed by atoms with Gasteiger partial charge in [-0.3, -0.25) is 4.79 Å². The minimum Gasteiger partial charge on any atom is -0.444 e. The van der Waals surface area contributed by atoms with Crippen LogP contribution in [0.2, 0.25) is 5.15 Å². The Kier molecular flexibility index (Phi) is 4.01. The fourth-order valence-electron chi connectivity index (χ4n) is 1.48. The Bertz CT molecular complexity index is 597. The van der Waals surface area contributed by atoms with E-state index in [1.54, 1.807) is 6.20 Å². The van der Waals surface area contributed by atoms with E-state index in [1.807, 2.05) is 6.92 Å². The van der Waals surface area contributed by atoms with Crippen LogP contribution in [0.15, 0.2) is 22.9 Å². The van der Waals surface area contributed by atoms with E-state index in [1.165, 1.54) is 12.3 Å². The predicted octanol–water partition coefficient (Wildman–Crippen LogP) is 1.80. The van der Waals surface area contributed by atoms with Gasteiger partial charge < -0.3 is 15.5 Å². The average molecular weight is 281 g/mol. The molecule has 0 aromatic carbocycles. The van der Waals surface area contributed by atoms with Gasteiger partial charge in [-0.15, -0.1) is 0 Å². The second kappa shape index (κ2) is 5.71. The van der Waals surface area contributed by atoms with Crippen molar-refractivity contribution in [3.63, 3.8) is 0 Å². The normalized spacial score (nSPS) is 10.4. The summed E-state index contributed by atoms with van der Waals surface area (Å²) in [6, 6.07) is 1.42. The fourth-order valence-corrected chi connectivity index (χ4v) is 1.64. The van der Waals surface area contributed by atoms with Gasteiger partial charge in [0.15, 0.2) is 0 Å². The van der Waals surface area contributed by atoms with Crippen molar-refractivity contribution in [3.05, 3.63) is 40.8 Å². The smallest absolute Gasteiger partial charge is 0.253 e. The zero-order chi connectivity index (χ0) is 13.8. The van der Waals surface area contributed by atoms with E-state index < -0.39 is 0 Å². The van der Waals surface area contributed by atoms with Crippen LogP contribution in [0.4, 0.5) is 5.69 Å². The number of nitrogens with one attached hydrogen (secondary N) is 1. The Morgan fingerprint density at radius 2 is 2.26 bits per heavy atom. The van der Waals surface area contributed by atoms with Gasteiger partial charge in [0.1, 0.15) is 10.9 Å². The zero-order valence-corrected chi connectivity index (χ0v) is 11.1. The Balaban J connectivity index is 2.03. The first-order valence-corrected chi connectivity index (χ1v) is 6.10. The second-order valence-electron chi connectivity index (χ2n) is 3.85. The van der Waals surface area contributed by atoms with Crippen LogP contribution in [0.3, 0.4) is 0 Å². The lowest BCUT2D eigenvalue weighted by Crippen LogP contribution is -2.24. The number of halogens is 1. The van der Waals surface area contributed by atoms with Gasteiger partial charge in [0.2, 0.25) is 5.89 Å². The number of oxazole rings is 1. The lowest BCUT2D eigenvalue weighted by Gasteiger charge is -2.05. The predicted molar refractivity (Wildman–Crippen MR) is 70.7 cm³/mol. The fraction of sp³-hybridized carbons (Fsp3) is 0.250. The molecule has 0 radical (unpaired) electrons. The Morgan fingerprint density at radius 1 is 1.47 bits per heavy atom. The molecular weight excluding hydrogens is 268 g/mol. The van der Waals surface area contributed by atoms with Crippen LogP contribution < -0.4 is 11.1 Å². The minimum absolute atomic E-state index is 0.193. The van der Waals surface area contributed by atoms with Gasteiger partial charge in [-0.1, -0.05) is 18.5 Å². The number of rotatable bonds is 4. The van der Waals surface area contributed by atoms with E-state index in [2.05, 4.69) is 15.3 Å². The number of hydrogen-bond acceptors (Lipinski definition) is 5. The Hall–Kier alpha value is -2.08. The molecule has 7 heteroatoms. The van der Waals surface area contributed by atoms with Crippen LogP contribution in [-0.2, 0) is 13.0 Å². The number of nitrogens with zero attached hydrogens (tertiary/aromatic N) is 2. The van der Waals surface area contributed by atoms with Gasteiger partial charge in [-0.05, 0) is 6.07 Å². The SMILES string of the molecule is CCc1cnc(CNC(=O)c2cc(Cl)ncc2N)o1. The van der Waals surface area contributed by atoms with Crippen molar-refractivity contribution < 1.29 is 9.21 Å². The molecule has 0 atom stereocenters. The molecule has 2 rings (SSSR count). The van der Waals surface area contributed by atoms with Crippen molar-refractivity contribution in [1.29, 1.82) is 0 Å². The highest BCUT2D eigenvalue weighted by Crippen LogP contribution is 2.15. The largest absolute Gasteiger partial charge is 0.444 e. The maximum absolute atomic E-state index is 11.9. The number of hydrogen-bond donors (Lipinski definition) is 2. The monoisotopic (exact) mass is 280 g/mol. The molecule has 0 aliphatic rings. The number of amides is 1. The quantitative estimate of drug-likeness (QED) is 0.833. The number of anilines is 1. The summed E-state index contributed by atoms with van der Waals surface area (Å²) >= 11 is 5.72. The molecule has 1 amide bonds. The summed E-state index contributed by atoms with van der Waals surface area (Å²) in [5.74, 6) is 0.873. The van der Waals surface area contributed by atoms with E-state index in [-0.39, 0.29) is 28.9 Å². The van der Waals surface area contributed by atoms with Crippen molar-refractivity contribution in [1.82, 2.24) is 15.3 Å². The van der Waals surface area contributed by atoms with Crippen LogP contribution in [0.5, 0.6) is 0 Å². The third-order valence-corrected chi connectivity index (χ3v) is 2.70.